The Kier molecular flexibility index (Phi) is 4.97. The van der Waals surface area contributed by atoms with Crippen molar-refractivity contribution in [3.63, 3.8) is 0 Å². The van der Waals surface area contributed by atoms with E-state index in [0.29, 0.717) is 5.76 Å². The van der Waals surface area contributed by atoms with Crippen LogP contribution in [0.5, 0.6) is 0 Å². The van der Waals surface area contributed by atoms with Gasteiger partial charge < -0.3 is 9.84 Å². The Bertz CT molecular complexity index is 844. The van der Waals surface area contributed by atoms with Crippen molar-refractivity contribution in [2.45, 2.75) is 18.9 Å². The molecule has 1 heterocycles. The molecule has 24 heavy (non-hydrogen) atoms. The number of hydrogen-bond donors (Lipinski definition) is 1. The third-order valence-electron chi connectivity index (χ3n) is 2.89. The van der Waals surface area contributed by atoms with E-state index in [9.17, 15) is 26.4 Å². The van der Waals surface area contributed by atoms with Crippen molar-refractivity contribution in [1.82, 2.24) is 5.16 Å². The van der Waals surface area contributed by atoms with E-state index < -0.39 is 39.0 Å². The number of carbonyl (C=O) groups is 1. The van der Waals surface area contributed by atoms with E-state index in [2.05, 4.69) is 10.5 Å². The van der Waals surface area contributed by atoms with E-state index in [0.717, 1.165) is 18.2 Å². The normalized spacial score (nSPS) is 12.2. The predicted octanol–water partition coefficient (Wildman–Crippen LogP) is 2.56. The summed E-state index contributed by atoms with van der Waals surface area (Å²) in [6.07, 6.45) is -4.57. The summed E-state index contributed by atoms with van der Waals surface area (Å²) in [4.78, 5) is 11.7. The summed E-state index contributed by atoms with van der Waals surface area (Å²) in [7, 11) is -3.95. The lowest BCUT2D eigenvalue weighted by Crippen LogP contribution is -2.24. The first-order valence-electron chi connectivity index (χ1n) is 6.65. The van der Waals surface area contributed by atoms with Crippen molar-refractivity contribution in [1.29, 1.82) is 0 Å². The fourth-order valence-electron chi connectivity index (χ4n) is 1.95. The van der Waals surface area contributed by atoms with Crippen LogP contribution in [0.2, 0.25) is 0 Å². The summed E-state index contributed by atoms with van der Waals surface area (Å²) in [5, 5.41) is 5.72. The Morgan fingerprint density at radius 3 is 2.58 bits per heavy atom. The number of nitrogens with one attached hydrogen (secondary N) is 1. The van der Waals surface area contributed by atoms with Crippen LogP contribution in [-0.4, -0.2) is 25.2 Å². The number of halogens is 3. The second kappa shape index (κ2) is 6.63. The van der Waals surface area contributed by atoms with Crippen LogP contribution in [0.4, 0.5) is 19.0 Å². The smallest absolute Gasteiger partial charge is 0.360 e. The summed E-state index contributed by atoms with van der Waals surface area (Å²) >= 11 is 0. The number of rotatable bonds is 5. The first-order valence-corrected chi connectivity index (χ1v) is 8.47. The monoisotopic (exact) mass is 362 g/mol. The second-order valence-corrected chi connectivity index (χ2v) is 7.17. The molecule has 130 valence electrons. The third-order valence-corrected chi connectivity index (χ3v) is 4.36. The highest BCUT2D eigenvalue weighted by molar-refractivity contribution is 7.91. The van der Waals surface area contributed by atoms with Crippen LogP contribution in [0.1, 0.15) is 16.9 Å². The molecule has 0 radical (unpaired) electrons. The van der Waals surface area contributed by atoms with Crippen molar-refractivity contribution in [2.24, 2.45) is 0 Å². The minimum Gasteiger partial charge on any atom is -0.360 e. The van der Waals surface area contributed by atoms with E-state index in [1.54, 1.807) is 6.92 Å². The van der Waals surface area contributed by atoms with Gasteiger partial charge in [0.1, 0.15) is 11.5 Å². The van der Waals surface area contributed by atoms with Crippen molar-refractivity contribution >= 4 is 21.6 Å². The van der Waals surface area contributed by atoms with Gasteiger partial charge in [0.25, 0.3) is 0 Å². The minimum atomic E-state index is -4.57. The topological polar surface area (TPSA) is 89.3 Å². The first-order chi connectivity index (χ1) is 11.0. The number of alkyl halides is 3. The first kappa shape index (κ1) is 18.0. The maximum atomic E-state index is 12.6. The highest BCUT2D eigenvalue weighted by atomic mass is 32.2. The Morgan fingerprint density at radius 2 is 2.00 bits per heavy atom. The number of aryl methyl sites for hydroxylation is 1. The highest BCUT2D eigenvalue weighted by Crippen LogP contribution is 2.29. The Morgan fingerprint density at radius 1 is 1.29 bits per heavy atom. The van der Waals surface area contributed by atoms with Crippen LogP contribution >= 0.6 is 0 Å². The Labute approximate surface area is 135 Å². The van der Waals surface area contributed by atoms with Gasteiger partial charge in [-0.05, 0) is 18.6 Å². The molecule has 0 aliphatic carbocycles. The molecule has 2 aromatic rings. The number of benzene rings is 1. The fraction of sp³-hybridized carbons (Fsp3) is 0.286. The quantitative estimate of drug-likeness (QED) is 0.883. The number of carbonyl (C=O) groups excluding carboxylic acids is 1. The number of anilines is 1. The van der Waals surface area contributed by atoms with Gasteiger partial charge in [0, 0.05) is 6.07 Å². The standard InChI is InChI=1S/C14H13F3N2O4S/c1-9-5-12(19-23-9)18-13(20)8-24(21,22)7-10-3-2-4-11(6-10)14(15,16)17/h2-6H,7-8H2,1H3,(H,18,19,20). The summed E-state index contributed by atoms with van der Waals surface area (Å²) < 4.78 is 66.6. The van der Waals surface area contributed by atoms with Gasteiger partial charge in [-0.15, -0.1) is 0 Å². The van der Waals surface area contributed by atoms with Gasteiger partial charge >= 0.3 is 6.18 Å². The van der Waals surface area contributed by atoms with Gasteiger partial charge in [-0.2, -0.15) is 13.2 Å². The molecule has 10 heteroatoms. The van der Waals surface area contributed by atoms with Gasteiger partial charge in [-0.3, -0.25) is 4.79 Å². The van der Waals surface area contributed by atoms with E-state index in [1.165, 1.54) is 12.1 Å². The molecule has 0 fully saturated rings. The molecule has 0 aliphatic rings. The van der Waals surface area contributed by atoms with Gasteiger partial charge in [0.15, 0.2) is 15.7 Å². The summed E-state index contributed by atoms with van der Waals surface area (Å²) in [5.74, 6) is -1.92. The van der Waals surface area contributed by atoms with Gasteiger partial charge in [-0.1, -0.05) is 23.4 Å². The zero-order valence-corrected chi connectivity index (χ0v) is 13.2. The Balaban J connectivity index is 2.04. The number of hydrogen-bond acceptors (Lipinski definition) is 5. The molecule has 1 amide bonds. The molecule has 0 saturated carbocycles. The van der Waals surface area contributed by atoms with Crippen LogP contribution in [0, 0.1) is 6.92 Å². The molecule has 2 rings (SSSR count). The van der Waals surface area contributed by atoms with Crippen LogP contribution < -0.4 is 5.32 Å². The van der Waals surface area contributed by atoms with Crippen molar-refractivity contribution in [3.8, 4) is 0 Å². The molecule has 6 nitrogen and oxygen atoms in total. The van der Waals surface area contributed by atoms with Gasteiger partial charge in [0.05, 0.1) is 11.3 Å². The fourth-order valence-corrected chi connectivity index (χ4v) is 3.21. The molecule has 1 aromatic carbocycles. The van der Waals surface area contributed by atoms with Crippen molar-refractivity contribution in [2.75, 3.05) is 11.1 Å². The maximum absolute atomic E-state index is 12.6. The Hall–Kier alpha value is -2.36. The molecule has 0 saturated heterocycles. The van der Waals surface area contributed by atoms with E-state index in [4.69, 9.17) is 4.52 Å². The molecule has 0 unspecified atom stereocenters. The molecular weight excluding hydrogens is 349 g/mol. The summed E-state index contributed by atoms with van der Waals surface area (Å²) in [5.41, 5.74) is -0.993. The lowest BCUT2D eigenvalue weighted by atomic mass is 10.1. The molecule has 1 N–H and O–H groups in total. The minimum absolute atomic E-state index is 0.0464. The second-order valence-electron chi connectivity index (χ2n) is 5.10. The largest absolute Gasteiger partial charge is 0.416 e. The van der Waals surface area contributed by atoms with Crippen LogP contribution in [0.15, 0.2) is 34.9 Å². The average molecular weight is 362 g/mol. The zero-order chi connectivity index (χ0) is 18.0. The van der Waals surface area contributed by atoms with Crippen LogP contribution in [0.3, 0.4) is 0 Å². The average Bonchev–Trinajstić information content (AvgIpc) is 2.81. The predicted molar refractivity (Wildman–Crippen MR) is 78.8 cm³/mol. The summed E-state index contributed by atoms with van der Waals surface area (Å²) in [6, 6.07) is 5.36. The van der Waals surface area contributed by atoms with Gasteiger partial charge in [-0.25, -0.2) is 8.42 Å². The zero-order valence-electron chi connectivity index (χ0n) is 12.4. The molecular formula is C14H13F3N2O4S. The maximum Gasteiger partial charge on any atom is 0.416 e. The van der Waals surface area contributed by atoms with E-state index >= 15 is 0 Å². The van der Waals surface area contributed by atoms with Crippen LogP contribution in [-0.2, 0) is 26.6 Å². The van der Waals surface area contributed by atoms with Crippen molar-refractivity contribution in [3.05, 3.63) is 47.2 Å². The van der Waals surface area contributed by atoms with Crippen LogP contribution in [0.25, 0.3) is 0 Å². The molecule has 0 aliphatic heterocycles. The lowest BCUT2D eigenvalue weighted by molar-refractivity contribution is -0.137. The molecule has 1 aromatic heterocycles. The number of amides is 1. The number of nitrogens with zero attached hydrogens (tertiary/aromatic N) is 1. The third kappa shape index (κ3) is 5.08. The highest BCUT2D eigenvalue weighted by Gasteiger charge is 2.30. The number of aromatic nitrogens is 1. The lowest BCUT2D eigenvalue weighted by Gasteiger charge is -2.09. The SMILES string of the molecule is Cc1cc(NC(=O)CS(=O)(=O)Cc2cccc(C(F)(F)F)c2)no1. The molecule has 0 bridgehead atoms. The molecule has 0 atom stereocenters. The molecule has 0 spiro atoms. The van der Waals surface area contributed by atoms with E-state index in [1.807, 2.05) is 0 Å². The van der Waals surface area contributed by atoms with E-state index in [-0.39, 0.29) is 11.4 Å². The van der Waals surface area contributed by atoms with Crippen molar-refractivity contribution < 1.29 is 30.9 Å². The van der Waals surface area contributed by atoms with Gasteiger partial charge in [0.2, 0.25) is 5.91 Å². The number of sulfone groups is 1. The summed E-state index contributed by atoms with van der Waals surface area (Å²) in [6.45, 7) is 1.59.